The summed E-state index contributed by atoms with van der Waals surface area (Å²) in [6, 6.07) is 0. The van der Waals surface area contributed by atoms with E-state index in [9.17, 15) is 9.59 Å². The maximum absolute atomic E-state index is 11.5. The molecule has 0 N–H and O–H groups in total. The minimum atomic E-state index is -0.266. The maximum Gasteiger partial charge on any atom is 0.303 e. The molecule has 0 aromatic heterocycles. The Morgan fingerprint density at radius 2 is 1.83 bits per heavy atom. The van der Waals surface area contributed by atoms with Gasteiger partial charge in [-0.15, -0.1) is 0 Å². The number of hydrogen-bond donors (Lipinski definition) is 0. The third kappa shape index (κ3) is 2.31. The van der Waals surface area contributed by atoms with Crippen molar-refractivity contribution in [2.75, 3.05) is 0 Å². The quantitative estimate of drug-likeness (QED) is 0.578. The molecule has 0 radical (unpaired) electrons. The van der Waals surface area contributed by atoms with Crippen LogP contribution in [-0.2, 0) is 23.8 Å². The highest BCUT2D eigenvalue weighted by Gasteiger charge is 2.77. The number of fused-ring (bicyclic) bond motifs is 1. The lowest BCUT2D eigenvalue weighted by Crippen LogP contribution is -2.35. The molecule has 1 aliphatic heterocycles. The lowest BCUT2D eigenvalue weighted by atomic mass is 9.84. The van der Waals surface area contributed by atoms with E-state index >= 15 is 0 Å². The van der Waals surface area contributed by atoms with E-state index in [0.29, 0.717) is 5.92 Å². The van der Waals surface area contributed by atoms with Crippen LogP contribution in [-0.4, -0.2) is 34.8 Å². The highest BCUT2D eigenvalue weighted by atomic mass is 16.7. The van der Waals surface area contributed by atoms with E-state index in [0.717, 1.165) is 57.8 Å². The summed E-state index contributed by atoms with van der Waals surface area (Å²) < 4.78 is 17.5. The van der Waals surface area contributed by atoms with Crippen molar-refractivity contribution < 1.29 is 23.8 Å². The Labute approximate surface area is 137 Å². The van der Waals surface area contributed by atoms with Crippen LogP contribution >= 0.6 is 0 Å². The Kier molecular flexibility index (Phi) is 3.32. The molecule has 0 aromatic carbocycles. The molecular weight excluding hydrogens is 296 g/mol. The molecule has 4 rings (SSSR count). The fourth-order valence-electron chi connectivity index (χ4n) is 5.41. The van der Waals surface area contributed by atoms with Crippen LogP contribution < -0.4 is 0 Å². The van der Waals surface area contributed by atoms with Crippen LogP contribution in [0.2, 0.25) is 0 Å². The van der Waals surface area contributed by atoms with Crippen LogP contribution in [0.25, 0.3) is 0 Å². The molecule has 4 fully saturated rings. The minimum absolute atomic E-state index is 0.0981. The van der Waals surface area contributed by atoms with Gasteiger partial charge in [0.05, 0.1) is 0 Å². The topological polar surface area (TPSA) is 65.1 Å². The van der Waals surface area contributed by atoms with Gasteiger partial charge in [0.15, 0.2) is 0 Å². The molecule has 4 aliphatic rings. The molecule has 0 amide bonds. The second-order valence-electron chi connectivity index (χ2n) is 7.93. The fourth-order valence-corrected chi connectivity index (χ4v) is 5.41. The standard InChI is InChI=1S/C18H26O5/c1-12(19)21-15-6-8-17-10-9-16(22-13(2)20)11-14(16)5-3-4-7-18(15,17)23-17/h14-15H,3-11H2,1-2H3. The zero-order valence-corrected chi connectivity index (χ0v) is 14.1. The molecule has 128 valence electrons. The van der Waals surface area contributed by atoms with Crippen LogP contribution in [0.3, 0.4) is 0 Å². The first-order valence-corrected chi connectivity index (χ1v) is 8.98. The summed E-state index contributed by atoms with van der Waals surface area (Å²) >= 11 is 0. The van der Waals surface area contributed by atoms with E-state index in [1.165, 1.54) is 13.8 Å². The summed E-state index contributed by atoms with van der Waals surface area (Å²) in [6.07, 6.45) is 8.86. The molecule has 0 aromatic rings. The van der Waals surface area contributed by atoms with Crippen LogP contribution in [0.4, 0.5) is 0 Å². The Bertz CT molecular complexity index is 546. The normalized spacial score (nSPS) is 47.6. The monoisotopic (exact) mass is 322 g/mol. The zero-order valence-electron chi connectivity index (χ0n) is 14.1. The van der Waals surface area contributed by atoms with Crippen molar-refractivity contribution in [1.29, 1.82) is 0 Å². The fraction of sp³-hybridized carbons (Fsp3) is 0.889. The predicted octanol–water partition coefficient (Wildman–Crippen LogP) is 2.90. The van der Waals surface area contributed by atoms with Crippen LogP contribution in [0.1, 0.15) is 71.6 Å². The van der Waals surface area contributed by atoms with Crippen LogP contribution in [0.5, 0.6) is 0 Å². The number of carbonyl (C=O) groups excluding carboxylic acids is 2. The highest BCUT2D eigenvalue weighted by Crippen LogP contribution is 2.67. The molecular formula is C18H26O5. The summed E-state index contributed by atoms with van der Waals surface area (Å²) in [6.45, 7) is 2.98. The van der Waals surface area contributed by atoms with Crippen LogP contribution in [0.15, 0.2) is 0 Å². The minimum Gasteiger partial charge on any atom is -0.459 e. The van der Waals surface area contributed by atoms with Gasteiger partial charge >= 0.3 is 11.9 Å². The van der Waals surface area contributed by atoms with Gasteiger partial charge in [-0.2, -0.15) is 0 Å². The molecule has 0 bridgehead atoms. The van der Waals surface area contributed by atoms with Crippen molar-refractivity contribution in [2.45, 2.75) is 94.5 Å². The summed E-state index contributed by atoms with van der Waals surface area (Å²) in [7, 11) is 0. The number of hydrogen-bond acceptors (Lipinski definition) is 5. The molecule has 0 spiro atoms. The smallest absolute Gasteiger partial charge is 0.303 e. The Morgan fingerprint density at radius 3 is 2.57 bits per heavy atom. The molecule has 5 atom stereocenters. The average Bonchev–Trinajstić information content (AvgIpc) is 3.29. The predicted molar refractivity (Wildman–Crippen MR) is 81.6 cm³/mol. The highest BCUT2D eigenvalue weighted by molar-refractivity contribution is 5.67. The second-order valence-corrected chi connectivity index (χ2v) is 7.93. The van der Waals surface area contributed by atoms with E-state index in [2.05, 4.69) is 0 Å². The Hall–Kier alpha value is -1.10. The first-order valence-electron chi connectivity index (χ1n) is 8.98. The number of epoxide rings is 1. The summed E-state index contributed by atoms with van der Waals surface area (Å²) in [5, 5.41) is 0. The van der Waals surface area contributed by atoms with Gasteiger partial charge in [-0.05, 0) is 44.9 Å². The van der Waals surface area contributed by atoms with E-state index in [1.807, 2.05) is 0 Å². The van der Waals surface area contributed by atoms with Crippen molar-refractivity contribution in [3.63, 3.8) is 0 Å². The summed E-state index contributed by atoms with van der Waals surface area (Å²) in [5.74, 6) is 0.139. The maximum atomic E-state index is 11.5. The van der Waals surface area contributed by atoms with E-state index in [1.54, 1.807) is 0 Å². The zero-order chi connectivity index (χ0) is 16.3. The van der Waals surface area contributed by atoms with Crippen molar-refractivity contribution >= 4 is 11.9 Å². The number of carbonyl (C=O) groups is 2. The summed E-state index contributed by atoms with van der Waals surface area (Å²) in [4.78, 5) is 22.9. The average molecular weight is 322 g/mol. The molecule has 1 saturated heterocycles. The van der Waals surface area contributed by atoms with E-state index < -0.39 is 0 Å². The molecule has 5 nitrogen and oxygen atoms in total. The lowest BCUT2D eigenvalue weighted by molar-refractivity contribution is -0.151. The lowest BCUT2D eigenvalue weighted by Gasteiger charge is -2.23. The van der Waals surface area contributed by atoms with Gasteiger partial charge in [-0.3, -0.25) is 9.59 Å². The van der Waals surface area contributed by atoms with Crippen molar-refractivity contribution in [3.05, 3.63) is 0 Å². The largest absolute Gasteiger partial charge is 0.459 e. The van der Waals surface area contributed by atoms with Gasteiger partial charge in [-0.1, -0.05) is 12.8 Å². The number of ether oxygens (including phenoxy) is 3. The van der Waals surface area contributed by atoms with E-state index in [4.69, 9.17) is 14.2 Å². The van der Waals surface area contributed by atoms with E-state index in [-0.39, 0.29) is 34.8 Å². The second kappa shape index (κ2) is 4.95. The van der Waals surface area contributed by atoms with Gasteiger partial charge in [0.2, 0.25) is 0 Å². The Morgan fingerprint density at radius 1 is 1.00 bits per heavy atom. The van der Waals surface area contributed by atoms with Gasteiger partial charge in [0.1, 0.15) is 22.9 Å². The third-order valence-electron chi connectivity index (χ3n) is 6.57. The van der Waals surface area contributed by atoms with Crippen molar-refractivity contribution in [1.82, 2.24) is 0 Å². The molecule has 5 heteroatoms. The van der Waals surface area contributed by atoms with Gasteiger partial charge in [0, 0.05) is 19.8 Å². The van der Waals surface area contributed by atoms with Crippen molar-refractivity contribution in [2.24, 2.45) is 5.92 Å². The molecule has 5 unspecified atom stereocenters. The first kappa shape index (κ1) is 15.4. The first-order chi connectivity index (χ1) is 10.9. The number of esters is 2. The van der Waals surface area contributed by atoms with Crippen LogP contribution in [0, 0.1) is 5.92 Å². The molecule has 3 saturated carbocycles. The Balaban J connectivity index is 1.52. The third-order valence-corrected chi connectivity index (χ3v) is 6.57. The van der Waals surface area contributed by atoms with Gasteiger partial charge in [0.25, 0.3) is 0 Å². The summed E-state index contributed by atoms with van der Waals surface area (Å²) in [5.41, 5.74) is -0.655. The molecule has 23 heavy (non-hydrogen) atoms. The SMILES string of the molecule is CC(=O)OC1CCC23CCC4(OC(C)=O)CC4CCCCC12O3. The van der Waals surface area contributed by atoms with Gasteiger partial charge in [-0.25, -0.2) is 0 Å². The van der Waals surface area contributed by atoms with Crippen molar-refractivity contribution in [3.8, 4) is 0 Å². The van der Waals surface area contributed by atoms with Gasteiger partial charge < -0.3 is 14.2 Å². The molecule has 3 aliphatic carbocycles. The molecule has 1 heterocycles. The number of rotatable bonds is 2.